The standard InChI is InChI=1S/C15H17FN2O2/c1-9-10-6-5-7-12(13(10)11(16)8-17-9)18-14(19)20-15(2,3)4/h5-8H,1-4H3,(H,18,19). The zero-order chi connectivity index (χ0) is 14.9. The molecule has 1 aromatic heterocycles. The van der Waals surface area contributed by atoms with Gasteiger partial charge in [0.1, 0.15) is 5.60 Å². The number of nitrogens with one attached hydrogen (secondary N) is 1. The summed E-state index contributed by atoms with van der Waals surface area (Å²) in [6, 6.07) is 5.14. The zero-order valence-electron chi connectivity index (χ0n) is 12.0. The first kappa shape index (κ1) is 14.2. The van der Waals surface area contributed by atoms with Crippen LogP contribution in [0.1, 0.15) is 26.5 Å². The highest BCUT2D eigenvalue weighted by Gasteiger charge is 2.18. The largest absolute Gasteiger partial charge is 0.444 e. The Hall–Kier alpha value is -2.17. The van der Waals surface area contributed by atoms with Gasteiger partial charge in [-0.2, -0.15) is 0 Å². The molecule has 0 atom stereocenters. The van der Waals surface area contributed by atoms with E-state index in [2.05, 4.69) is 10.3 Å². The fourth-order valence-corrected chi connectivity index (χ4v) is 1.92. The molecule has 0 aliphatic rings. The summed E-state index contributed by atoms with van der Waals surface area (Å²) in [5, 5.41) is 3.58. The first-order chi connectivity index (χ1) is 9.28. The lowest BCUT2D eigenvalue weighted by Gasteiger charge is -2.20. The number of anilines is 1. The van der Waals surface area contributed by atoms with Crippen LogP contribution in [0.5, 0.6) is 0 Å². The molecule has 20 heavy (non-hydrogen) atoms. The normalized spacial score (nSPS) is 11.4. The molecule has 0 bridgehead atoms. The maximum Gasteiger partial charge on any atom is 0.412 e. The van der Waals surface area contributed by atoms with Gasteiger partial charge in [-0.1, -0.05) is 12.1 Å². The Kier molecular flexibility index (Phi) is 3.61. The van der Waals surface area contributed by atoms with Crippen LogP contribution in [-0.4, -0.2) is 16.7 Å². The zero-order valence-corrected chi connectivity index (χ0v) is 12.0. The van der Waals surface area contributed by atoms with E-state index in [9.17, 15) is 9.18 Å². The molecule has 1 N–H and O–H groups in total. The minimum atomic E-state index is -0.612. The van der Waals surface area contributed by atoms with E-state index in [0.29, 0.717) is 22.2 Å². The summed E-state index contributed by atoms with van der Waals surface area (Å²) in [7, 11) is 0. The fraction of sp³-hybridized carbons (Fsp3) is 0.333. The van der Waals surface area contributed by atoms with Gasteiger partial charge in [0.2, 0.25) is 0 Å². The average molecular weight is 276 g/mol. The van der Waals surface area contributed by atoms with Crippen molar-refractivity contribution in [2.45, 2.75) is 33.3 Å². The maximum absolute atomic E-state index is 14.0. The van der Waals surface area contributed by atoms with Crippen LogP contribution in [-0.2, 0) is 4.74 Å². The number of nitrogens with zero attached hydrogens (tertiary/aromatic N) is 1. The molecule has 1 aromatic carbocycles. The van der Waals surface area contributed by atoms with Gasteiger partial charge in [0.05, 0.1) is 11.9 Å². The number of benzene rings is 1. The lowest BCUT2D eigenvalue weighted by atomic mass is 10.1. The van der Waals surface area contributed by atoms with Crippen molar-refractivity contribution >= 4 is 22.6 Å². The molecule has 0 spiro atoms. The highest BCUT2D eigenvalue weighted by atomic mass is 19.1. The molecule has 2 rings (SSSR count). The van der Waals surface area contributed by atoms with Gasteiger partial charge in [-0.15, -0.1) is 0 Å². The first-order valence-corrected chi connectivity index (χ1v) is 6.32. The number of halogens is 1. The Bertz CT molecular complexity index is 663. The van der Waals surface area contributed by atoms with Crippen molar-refractivity contribution in [3.63, 3.8) is 0 Å². The van der Waals surface area contributed by atoms with Crippen molar-refractivity contribution < 1.29 is 13.9 Å². The topological polar surface area (TPSA) is 51.2 Å². The lowest BCUT2D eigenvalue weighted by Crippen LogP contribution is -2.27. The van der Waals surface area contributed by atoms with Crippen molar-refractivity contribution in [3.05, 3.63) is 35.9 Å². The van der Waals surface area contributed by atoms with E-state index in [1.54, 1.807) is 45.9 Å². The van der Waals surface area contributed by atoms with Crippen molar-refractivity contribution in [1.82, 2.24) is 4.98 Å². The molecule has 0 saturated heterocycles. The molecule has 0 aliphatic heterocycles. The molecular formula is C15H17FN2O2. The van der Waals surface area contributed by atoms with Crippen LogP contribution in [0.2, 0.25) is 0 Å². The van der Waals surface area contributed by atoms with Crippen molar-refractivity contribution in [2.75, 3.05) is 5.32 Å². The van der Waals surface area contributed by atoms with E-state index in [1.165, 1.54) is 0 Å². The summed E-state index contributed by atoms with van der Waals surface area (Å²) in [5.41, 5.74) is 0.471. The molecule has 0 radical (unpaired) electrons. The molecular weight excluding hydrogens is 259 g/mol. The number of ether oxygens (including phenoxy) is 1. The van der Waals surface area contributed by atoms with Gasteiger partial charge < -0.3 is 4.74 Å². The SMILES string of the molecule is Cc1ncc(F)c2c(NC(=O)OC(C)(C)C)cccc12. The number of hydrogen-bond donors (Lipinski definition) is 1. The Balaban J connectivity index is 2.41. The molecule has 0 saturated carbocycles. The molecule has 5 heteroatoms. The Morgan fingerprint density at radius 3 is 2.70 bits per heavy atom. The van der Waals surface area contributed by atoms with Crippen LogP contribution in [0.3, 0.4) is 0 Å². The Labute approximate surface area is 117 Å². The predicted molar refractivity (Wildman–Crippen MR) is 76.3 cm³/mol. The first-order valence-electron chi connectivity index (χ1n) is 6.32. The smallest absolute Gasteiger partial charge is 0.412 e. The van der Waals surface area contributed by atoms with Gasteiger partial charge in [-0.25, -0.2) is 9.18 Å². The number of fused-ring (bicyclic) bond motifs is 1. The minimum absolute atomic E-state index is 0.339. The third kappa shape index (κ3) is 3.04. The average Bonchev–Trinajstić information content (AvgIpc) is 2.31. The van der Waals surface area contributed by atoms with Gasteiger partial charge in [0.25, 0.3) is 0 Å². The summed E-state index contributed by atoms with van der Waals surface area (Å²) in [6.07, 6.45) is 0.539. The molecule has 2 aromatic rings. The van der Waals surface area contributed by atoms with Crippen molar-refractivity contribution in [2.24, 2.45) is 0 Å². The molecule has 1 heterocycles. The second kappa shape index (κ2) is 5.07. The minimum Gasteiger partial charge on any atom is -0.444 e. The van der Waals surface area contributed by atoms with E-state index in [4.69, 9.17) is 4.74 Å². The summed E-state index contributed by atoms with van der Waals surface area (Å²) in [6.45, 7) is 7.10. The van der Waals surface area contributed by atoms with E-state index in [-0.39, 0.29) is 0 Å². The number of amides is 1. The van der Waals surface area contributed by atoms with Gasteiger partial charge in [-0.05, 0) is 33.8 Å². The lowest BCUT2D eigenvalue weighted by molar-refractivity contribution is 0.0636. The van der Waals surface area contributed by atoms with Crippen LogP contribution in [0.4, 0.5) is 14.9 Å². The number of aryl methyl sites for hydroxylation is 1. The van der Waals surface area contributed by atoms with E-state index >= 15 is 0 Å². The fourth-order valence-electron chi connectivity index (χ4n) is 1.92. The highest BCUT2D eigenvalue weighted by Crippen LogP contribution is 2.27. The van der Waals surface area contributed by atoms with E-state index in [1.807, 2.05) is 0 Å². The van der Waals surface area contributed by atoms with Crippen molar-refractivity contribution in [1.29, 1.82) is 0 Å². The molecule has 4 nitrogen and oxygen atoms in total. The predicted octanol–water partition coefficient (Wildman–Crippen LogP) is 4.03. The number of rotatable bonds is 1. The van der Waals surface area contributed by atoms with Crippen LogP contribution in [0.25, 0.3) is 10.8 Å². The summed E-state index contributed by atoms with van der Waals surface area (Å²) >= 11 is 0. The van der Waals surface area contributed by atoms with Crippen molar-refractivity contribution in [3.8, 4) is 0 Å². The molecule has 1 amide bonds. The monoisotopic (exact) mass is 276 g/mol. The van der Waals surface area contributed by atoms with E-state index < -0.39 is 17.5 Å². The van der Waals surface area contributed by atoms with Gasteiger partial charge in [0, 0.05) is 16.5 Å². The third-order valence-corrected chi connectivity index (χ3v) is 2.70. The van der Waals surface area contributed by atoms with Crippen LogP contribution >= 0.6 is 0 Å². The van der Waals surface area contributed by atoms with E-state index in [0.717, 1.165) is 6.20 Å². The summed E-state index contributed by atoms with van der Waals surface area (Å²) < 4.78 is 19.1. The number of hydrogen-bond acceptors (Lipinski definition) is 3. The highest BCUT2D eigenvalue weighted by molar-refractivity contribution is 6.01. The molecule has 0 fully saturated rings. The summed E-state index contributed by atoms with van der Waals surface area (Å²) in [4.78, 5) is 15.8. The van der Waals surface area contributed by atoms with Gasteiger partial charge >= 0.3 is 6.09 Å². The number of carbonyl (C=O) groups excluding carboxylic acids is 1. The Morgan fingerprint density at radius 2 is 2.05 bits per heavy atom. The van der Waals surface area contributed by atoms with Gasteiger partial charge in [-0.3, -0.25) is 10.3 Å². The van der Waals surface area contributed by atoms with Crippen LogP contribution < -0.4 is 5.32 Å². The second-order valence-corrected chi connectivity index (χ2v) is 5.55. The Morgan fingerprint density at radius 1 is 1.35 bits per heavy atom. The number of aromatic nitrogens is 1. The third-order valence-electron chi connectivity index (χ3n) is 2.70. The number of carbonyl (C=O) groups is 1. The van der Waals surface area contributed by atoms with Crippen LogP contribution in [0.15, 0.2) is 24.4 Å². The maximum atomic E-state index is 14.0. The van der Waals surface area contributed by atoms with Crippen LogP contribution in [0, 0.1) is 12.7 Å². The van der Waals surface area contributed by atoms with Gasteiger partial charge in [0.15, 0.2) is 5.82 Å². The second-order valence-electron chi connectivity index (χ2n) is 5.55. The summed E-state index contributed by atoms with van der Waals surface area (Å²) in [5.74, 6) is -0.475. The molecule has 0 aliphatic carbocycles. The number of pyridine rings is 1. The quantitative estimate of drug-likeness (QED) is 0.855. The molecule has 106 valence electrons. The molecule has 0 unspecified atom stereocenters.